The van der Waals surface area contributed by atoms with Gasteiger partial charge in [0, 0.05) is 54.1 Å². The fraction of sp³-hybridized carbons (Fsp3) is 0.263. The first kappa shape index (κ1) is 15.3. The van der Waals surface area contributed by atoms with E-state index in [-0.39, 0.29) is 5.78 Å². The summed E-state index contributed by atoms with van der Waals surface area (Å²) >= 11 is 4.35. The van der Waals surface area contributed by atoms with E-state index in [2.05, 4.69) is 33.5 Å². The molecule has 4 nitrogen and oxygen atoms in total. The van der Waals surface area contributed by atoms with Gasteiger partial charge in [-0.1, -0.05) is 18.2 Å². The number of carbonyl (C=O) groups is 1. The highest BCUT2D eigenvalue weighted by atomic mass is 32.1. The third-order valence-electron chi connectivity index (χ3n) is 4.81. The number of thiol groups is 1. The van der Waals surface area contributed by atoms with Crippen LogP contribution in [0.2, 0.25) is 0 Å². The second kappa shape index (κ2) is 6.32. The number of allylic oxidation sites excluding steroid dienone is 1. The number of hydrogen-bond acceptors (Lipinski definition) is 5. The quantitative estimate of drug-likeness (QED) is 0.529. The monoisotopic (exact) mass is 337 g/mol. The van der Waals surface area contributed by atoms with Gasteiger partial charge in [-0.05, 0) is 30.7 Å². The smallest absolute Gasteiger partial charge is 0.188 e. The maximum absolute atomic E-state index is 12.3. The van der Waals surface area contributed by atoms with E-state index in [1.165, 1.54) is 0 Å². The number of benzene rings is 1. The number of likely N-dealkylation sites (tertiary alicyclic amines) is 1. The zero-order chi connectivity index (χ0) is 16.5. The van der Waals surface area contributed by atoms with E-state index in [0.29, 0.717) is 17.6 Å². The Morgan fingerprint density at radius 2 is 1.96 bits per heavy atom. The summed E-state index contributed by atoms with van der Waals surface area (Å²) in [4.78, 5) is 22.2. The maximum atomic E-state index is 12.3. The fourth-order valence-electron chi connectivity index (χ4n) is 3.62. The van der Waals surface area contributed by atoms with Crippen LogP contribution in [0.5, 0.6) is 0 Å². The van der Waals surface area contributed by atoms with Crippen LogP contribution in [0.1, 0.15) is 16.8 Å². The lowest BCUT2D eigenvalue weighted by Gasteiger charge is -2.34. The van der Waals surface area contributed by atoms with Gasteiger partial charge in [0.15, 0.2) is 5.78 Å². The summed E-state index contributed by atoms with van der Waals surface area (Å²) < 4.78 is 0. The number of ketones is 1. The van der Waals surface area contributed by atoms with E-state index in [1.54, 1.807) is 6.08 Å². The molecule has 4 rings (SSSR count). The number of hydrogen-bond donors (Lipinski definition) is 1. The van der Waals surface area contributed by atoms with Crippen molar-refractivity contribution < 1.29 is 4.79 Å². The van der Waals surface area contributed by atoms with Crippen LogP contribution in [0.15, 0.2) is 65.8 Å². The Balaban J connectivity index is 1.42. The standard InChI is InChI=1S/C19H19N3OS/c23-17(16-5-1-2-6-18(16)24)8-10-21-12-15-11-14(21)13-22(15)19-7-3-4-9-20-19/h1-10,14-15,24H,11-13H2/b10-8+/t14-,15-/m1/s1. The van der Waals surface area contributed by atoms with Crippen LogP contribution in [0.4, 0.5) is 5.82 Å². The number of pyridine rings is 1. The third-order valence-corrected chi connectivity index (χ3v) is 5.20. The summed E-state index contributed by atoms with van der Waals surface area (Å²) in [6.07, 6.45) is 6.58. The van der Waals surface area contributed by atoms with Gasteiger partial charge < -0.3 is 9.80 Å². The van der Waals surface area contributed by atoms with Gasteiger partial charge in [-0.25, -0.2) is 4.98 Å². The molecule has 1 aromatic heterocycles. The van der Waals surface area contributed by atoms with Crippen LogP contribution in [0.3, 0.4) is 0 Å². The first-order chi connectivity index (χ1) is 11.7. The summed E-state index contributed by atoms with van der Waals surface area (Å²) in [6, 6.07) is 14.4. The number of anilines is 1. The van der Waals surface area contributed by atoms with Crippen LogP contribution in [-0.4, -0.2) is 40.8 Å². The summed E-state index contributed by atoms with van der Waals surface area (Å²) in [5.74, 6) is 1.05. The Labute approximate surface area is 147 Å². The molecular formula is C19H19N3OS. The van der Waals surface area contributed by atoms with E-state index in [9.17, 15) is 4.79 Å². The van der Waals surface area contributed by atoms with Crippen LogP contribution >= 0.6 is 12.6 Å². The summed E-state index contributed by atoms with van der Waals surface area (Å²) in [6.45, 7) is 1.90. The number of nitrogens with zero attached hydrogens (tertiary/aromatic N) is 3. The highest BCUT2D eigenvalue weighted by molar-refractivity contribution is 7.80. The van der Waals surface area contributed by atoms with Gasteiger partial charge in [0.2, 0.25) is 0 Å². The fourth-order valence-corrected chi connectivity index (χ4v) is 3.89. The highest BCUT2D eigenvalue weighted by Gasteiger charge is 2.42. The molecule has 0 spiro atoms. The topological polar surface area (TPSA) is 36.4 Å². The molecule has 2 bridgehead atoms. The van der Waals surface area contributed by atoms with Crippen LogP contribution < -0.4 is 4.90 Å². The lowest BCUT2D eigenvalue weighted by atomic mass is 10.1. The first-order valence-electron chi connectivity index (χ1n) is 8.16. The maximum Gasteiger partial charge on any atom is 0.188 e. The van der Waals surface area contributed by atoms with Gasteiger partial charge in [-0.2, -0.15) is 0 Å². The molecule has 24 heavy (non-hydrogen) atoms. The minimum Gasteiger partial charge on any atom is -0.370 e. The van der Waals surface area contributed by atoms with E-state index < -0.39 is 0 Å². The van der Waals surface area contributed by atoms with Crippen molar-refractivity contribution in [3.63, 3.8) is 0 Å². The molecule has 0 radical (unpaired) electrons. The largest absolute Gasteiger partial charge is 0.370 e. The number of carbonyl (C=O) groups excluding carboxylic acids is 1. The Kier molecular flexibility index (Phi) is 4.02. The number of aromatic nitrogens is 1. The Bertz CT molecular complexity index is 777. The average Bonchev–Trinajstić information content (AvgIpc) is 3.21. The highest BCUT2D eigenvalue weighted by Crippen LogP contribution is 2.33. The van der Waals surface area contributed by atoms with Gasteiger partial charge >= 0.3 is 0 Å². The van der Waals surface area contributed by atoms with E-state index >= 15 is 0 Å². The second-order valence-electron chi connectivity index (χ2n) is 6.28. The van der Waals surface area contributed by atoms with Gasteiger partial charge in [-0.15, -0.1) is 12.6 Å². The molecule has 2 aliphatic rings. The molecule has 2 fully saturated rings. The van der Waals surface area contributed by atoms with Crippen LogP contribution in [0, 0.1) is 0 Å². The average molecular weight is 337 g/mol. The lowest BCUT2D eigenvalue weighted by molar-refractivity contribution is 0.104. The van der Waals surface area contributed by atoms with Crippen molar-refractivity contribution in [3.8, 4) is 0 Å². The van der Waals surface area contributed by atoms with Crippen molar-refractivity contribution >= 4 is 24.2 Å². The Morgan fingerprint density at radius 1 is 1.12 bits per heavy atom. The third kappa shape index (κ3) is 2.80. The van der Waals surface area contributed by atoms with Crippen LogP contribution in [0.25, 0.3) is 0 Å². The Morgan fingerprint density at radius 3 is 2.67 bits per heavy atom. The van der Waals surface area contributed by atoms with Crippen LogP contribution in [-0.2, 0) is 0 Å². The molecule has 3 heterocycles. The van der Waals surface area contributed by atoms with Crippen molar-refractivity contribution in [2.24, 2.45) is 0 Å². The van der Waals surface area contributed by atoms with Crippen molar-refractivity contribution in [2.45, 2.75) is 23.4 Å². The number of fused-ring (bicyclic) bond motifs is 2. The molecule has 5 heteroatoms. The van der Waals surface area contributed by atoms with Crippen molar-refractivity contribution in [2.75, 3.05) is 18.0 Å². The van der Waals surface area contributed by atoms with Gasteiger partial charge in [-0.3, -0.25) is 4.79 Å². The molecule has 1 aromatic carbocycles. The summed E-state index contributed by atoms with van der Waals surface area (Å²) in [7, 11) is 0. The zero-order valence-electron chi connectivity index (χ0n) is 13.2. The molecule has 122 valence electrons. The summed E-state index contributed by atoms with van der Waals surface area (Å²) in [5, 5.41) is 0. The molecule has 2 saturated heterocycles. The van der Waals surface area contributed by atoms with E-state index in [4.69, 9.17) is 0 Å². The summed E-state index contributed by atoms with van der Waals surface area (Å²) in [5.41, 5.74) is 0.650. The van der Waals surface area contributed by atoms with E-state index in [0.717, 1.165) is 30.2 Å². The molecule has 0 N–H and O–H groups in total. The molecule has 2 atom stereocenters. The minimum atomic E-state index is 0.00459. The van der Waals surface area contributed by atoms with Crippen molar-refractivity contribution in [3.05, 3.63) is 66.5 Å². The Hall–Kier alpha value is -2.27. The first-order valence-corrected chi connectivity index (χ1v) is 8.61. The second-order valence-corrected chi connectivity index (χ2v) is 6.76. The minimum absolute atomic E-state index is 0.00459. The molecule has 0 unspecified atom stereocenters. The molecule has 0 amide bonds. The molecule has 0 saturated carbocycles. The molecule has 2 aliphatic heterocycles. The normalized spacial score (nSPS) is 22.5. The molecule has 2 aromatic rings. The van der Waals surface area contributed by atoms with E-state index in [1.807, 2.05) is 48.8 Å². The zero-order valence-corrected chi connectivity index (χ0v) is 14.1. The van der Waals surface area contributed by atoms with Crippen molar-refractivity contribution in [1.29, 1.82) is 0 Å². The van der Waals surface area contributed by atoms with Gasteiger partial charge in [0.05, 0.1) is 0 Å². The predicted octanol–water partition coefficient (Wildman–Crippen LogP) is 3.03. The number of piperazine rings is 1. The number of rotatable bonds is 4. The molecule has 0 aliphatic carbocycles. The van der Waals surface area contributed by atoms with Crippen molar-refractivity contribution in [1.82, 2.24) is 9.88 Å². The predicted molar refractivity (Wildman–Crippen MR) is 97.6 cm³/mol. The lowest BCUT2D eigenvalue weighted by Crippen LogP contribution is -2.44. The SMILES string of the molecule is O=C(/C=C/N1C[C@H]2C[C@@H]1CN2c1ccccn1)c1ccccc1S. The molecular weight excluding hydrogens is 318 g/mol. The van der Waals surface area contributed by atoms with Gasteiger partial charge in [0.1, 0.15) is 5.82 Å². The van der Waals surface area contributed by atoms with Gasteiger partial charge in [0.25, 0.3) is 0 Å².